The Morgan fingerprint density at radius 1 is 0.960 bits per heavy atom. The smallest absolute Gasteiger partial charge is 0.326 e. The van der Waals surface area contributed by atoms with Gasteiger partial charge in [0, 0.05) is 6.54 Å². The number of benzene rings is 2. The van der Waals surface area contributed by atoms with Gasteiger partial charge in [0.25, 0.3) is 0 Å². The summed E-state index contributed by atoms with van der Waals surface area (Å²) in [6, 6.07) is 18.1. The third kappa shape index (κ3) is 4.74. The highest BCUT2D eigenvalue weighted by Crippen LogP contribution is 2.15. The molecule has 0 radical (unpaired) electrons. The molecule has 1 aliphatic heterocycles. The number of nitrogens with zero attached hydrogens (tertiary/aromatic N) is 1. The quantitative estimate of drug-likeness (QED) is 0.661. The van der Waals surface area contributed by atoms with E-state index in [2.05, 4.69) is 17.4 Å². The van der Waals surface area contributed by atoms with Crippen LogP contribution >= 0.6 is 0 Å². The average Bonchev–Trinajstić information content (AvgIpc) is 2.85. The van der Waals surface area contributed by atoms with Crippen molar-refractivity contribution < 1.29 is 13.5 Å². The molecule has 0 aliphatic carbocycles. The highest BCUT2D eigenvalue weighted by molar-refractivity contribution is 7.87. The summed E-state index contributed by atoms with van der Waals surface area (Å²) in [6.45, 7) is 1.84. The molecular weight excluding hydrogens is 338 g/mol. The first-order chi connectivity index (χ1) is 12.0. The molecule has 0 atom stereocenters. The molecule has 6 nitrogen and oxygen atoms in total. The monoisotopic (exact) mass is 359 g/mol. The molecule has 3 N–H and O–H groups in total. The summed E-state index contributed by atoms with van der Waals surface area (Å²) in [6.07, 6.45) is 2.16. The number of hydrogen-bond donors (Lipinski definition) is 3. The highest BCUT2D eigenvalue weighted by Gasteiger charge is 2.26. The minimum atomic E-state index is -3.66. The fourth-order valence-corrected chi connectivity index (χ4v) is 3.60. The maximum Gasteiger partial charge on any atom is 0.326 e. The predicted molar refractivity (Wildman–Crippen MR) is 96.6 cm³/mol. The molecule has 2 aromatic carbocycles. The summed E-state index contributed by atoms with van der Waals surface area (Å²) in [5.41, 5.74) is 3.30. The molecular formula is C18H21N3O3S. The molecule has 1 heterocycles. The van der Waals surface area contributed by atoms with Gasteiger partial charge in [0.05, 0.1) is 12.7 Å². The van der Waals surface area contributed by atoms with Crippen molar-refractivity contribution in [2.75, 3.05) is 6.54 Å². The number of hydrogen-bond acceptors (Lipinski definition) is 4. The third-order valence-corrected chi connectivity index (χ3v) is 5.25. The van der Waals surface area contributed by atoms with Crippen LogP contribution in [0.5, 0.6) is 0 Å². The standard InChI is InChI=1S/C18H21N3O3S/c22-18-14-21(25(23,24)20-18)13-17-8-6-16(7-9-17)12-19-11-10-15-4-2-1-3-5-15/h1-9,14,19-20,22H,10-13H2. The van der Waals surface area contributed by atoms with E-state index >= 15 is 0 Å². The van der Waals surface area contributed by atoms with E-state index < -0.39 is 10.2 Å². The van der Waals surface area contributed by atoms with E-state index in [-0.39, 0.29) is 12.4 Å². The minimum Gasteiger partial charge on any atom is -0.493 e. The Morgan fingerprint density at radius 2 is 1.64 bits per heavy atom. The Balaban J connectivity index is 1.47. The Labute approximate surface area is 148 Å². The van der Waals surface area contributed by atoms with Gasteiger partial charge < -0.3 is 10.4 Å². The number of aliphatic hydroxyl groups excluding tert-OH is 1. The van der Waals surface area contributed by atoms with E-state index in [9.17, 15) is 13.5 Å². The SMILES string of the molecule is O=S1(=O)NC(O)=CN1Cc1ccc(CNCCc2ccccc2)cc1. The lowest BCUT2D eigenvalue weighted by molar-refractivity contribution is 0.390. The van der Waals surface area contributed by atoms with Crippen molar-refractivity contribution in [1.29, 1.82) is 0 Å². The van der Waals surface area contributed by atoms with Crippen LogP contribution in [0.15, 0.2) is 66.7 Å². The van der Waals surface area contributed by atoms with Gasteiger partial charge in [0.15, 0.2) is 0 Å². The summed E-state index contributed by atoms with van der Waals surface area (Å²) in [7, 11) is -3.66. The van der Waals surface area contributed by atoms with Crippen LogP contribution in [0.25, 0.3) is 0 Å². The molecule has 0 aromatic heterocycles. The average molecular weight is 359 g/mol. The second-order valence-electron chi connectivity index (χ2n) is 5.90. The molecule has 0 amide bonds. The van der Waals surface area contributed by atoms with E-state index in [0.717, 1.165) is 34.9 Å². The van der Waals surface area contributed by atoms with Gasteiger partial charge in [0.2, 0.25) is 5.88 Å². The Morgan fingerprint density at radius 3 is 2.28 bits per heavy atom. The number of nitrogens with one attached hydrogen (secondary N) is 2. The number of rotatable bonds is 7. The molecule has 132 valence electrons. The number of aliphatic hydroxyl groups is 1. The first-order valence-corrected chi connectivity index (χ1v) is 9.50. The Kier molecular flexibility index (Phi) is 5.25. The van der Waals surface area contributed by atoms with Crippen molar-refractivity contribution in [2.45, 2.75) is 19.5 Å². The van der Waals surface area contributed by atoms with Crippen molar-refractivity contribution in [2.24, 2.45) is 0 Å². The molecule has 0 saturated carbocycles. The van der Waals surface area contributed by atoms with Crippen LogP contribution in [0.3, 0.4) is 0 Å². The fraction of sp³-hybridized carbons (Fsp3) is 0.222. The first kappa shape index (κ1) is 17.3. The lowest BCUT2D eigenvalue weighted by Gasteiger charge is -2.14. The normalized spacial score (nSPS) is 15.7. The van der Waals surface area contributed by atoms with Crippen LogP contribution in [0.4, 0.5) is 0 Å². The van der Waals surface area contributed by atoms with Gasteiger partial charge in [-0.25, -0.2) is 4.72 Å². The summed E-state index contributed by atoms with van der Waals surface area (Å²) >= 11 is 0. The fourth-order valence-electron chi connectivity index (χ4n) is 2.61. The molecule has 0 saturated heterocycles. The lowest BCUT2D eigenvalue weighted by atomic mass is 10.1. The predicted octanol–water partition coefficient (Wildman–Crippen LogP) is 2.03. The van der Waals surface area contributed by atoms with Gasteiger partial charge in [-0.05, 0) is 29.7 Å². The summed E-state index contributed by atoms with van der Waals surface area (Å²) in [5.74, 6) is -0.362. The summed E-state index contributed by atoms with van der Waals surface area (Å²) < 4.78 is 26.6. The zero-order valence-corrected chi connectivity index (χ0v) is 14.5. The largest absolute Gasteiger partial charge is 0.493 e. The zero-order valence-electron chi connectivity index (χ0n) is 13.7. The van der Waals surface area contributed by atoms with Crippen molar-refractivity contribution in [1.82, 2.24) is 14.3 Å². The molecule has 25 heavy (non-hydrogen) atoms. The molecule has 7 heteroatoms. The van der Waals surface area contributed by atoms with Crippen LogP contribution in [0.1, 0.15) is 16.7 Å². The van der Waals surface area contributed by atoms with Crippen molar-refractivity contribution in [3.8, 4) is 0 Å². The van der Waals surface area contributed by atoms with Gasteiger partial charge in [-0.2, -0.15) is 8.42 Å². The van der Waals surface area contributed by atoms with Crippen LogP contribution in [0.2, 0.25) is 0 Å². The van der Waals surface area contributed by atoms with E-state index in [1.807, 2.05) is 47.2 Å². The van der Waals surface area contributed by atoms with Gasteiger partial charge >= 0.3 is 10.2 Å². The molecule has 0 unspecified atom stereocenters. The van der Waals surface area contributed by atoms with E-state index in [1.165, 1.54) is 11.8 Å². The van der Waals surface area contributed by atoms with Gasteiger partial charge in [0.1, 0.15) is 0 Å². The second kappa shape index (κ2) is 7.58. The molecule has 3 rings (SSSR count). The van der Waals surface area contributed by atoms with Crippen LogP contribution in [0, 0.1) is 0 Å². The molecule has 0 fully saturated rings. The highest BCUT2D eigenvalue weighted by atomic mass is 32.2. The third-order valence-electron chi connectivity index (χ3n) is 3.93. The minimum absolute atomic E-state index is 0.182. The molecule has 2 aromatic rings. The van der Waals surface area contributed by atoms with Crippen molar-refractivity contribution in [3.05, 3.63) is 83.4 Å². The zero-order chi connectivity index (χ0) is 17.7. The maximum absolute atomic E-state index is 11.7. The molecule has 1 aliphatic rings. The Bertz CT molecular complexity index is 834. The molecule has 0 spiro atoms. The van der Waals surface area contributed by atoms with Gasteiger partial charge in [-0.15, -0.1) is 0 Å². The van der Waals surface area contributed by atoms with Gasteiger partial charge in [-0.1, -0.05) is 54.6 Å². The second-order valence-corrected chi connectivity index (χ2v) is 7.52. The van der Waals surface area contributed by atoms with Crippen LogP contribution in [-0.2, 0) is 29.7 Å². The van der Waals surface area contributed by atoms with E-state index in [4.69, 9.17) is 0 Å². The van der Waals surface area contributed by atoms with Gasteiger partial charge in [-0.3, -0.25) is 4.31 Å². The Hall–Kier alpha value is -2.51. The van der Waals surface area contributed by atoms with Crippen molar-refractivity contribution in [3.63, 3.8) is 0 Å². The van der Waals surface area contributed by atoms with Crippen molar-refractivity contribution >= 4 is 10.2 Å². The van der Waals surface area contributed by atoms with E-state index in [1.54, 1.807) is 0 Å². The van der Waals surface area contributed by atoms with E-state index in [0.29, 0.717) is 0 Å². The maximum atomic E-state index is 11.7. The van der Waals surface area contributed by atoms with Crippen LogP contribution < -0.4 is 10.0 Å². The summed E-state index contributed by atoms with van der Waals surface area (Å²) in [5, 5.41) is 12.7. The lowest BCUT2D eigenvalue weighted by Crippen LogP contribution is -2.29. The van der Waals surface area contributed by atoms with Crippen LogP contribution in [-0.4, -0.2) is 24.4 Å². The first-order valence-electron chi connectivity index (χ1n) is 8.06. The topological polar surface area (TPSA) is 81.7 Å². The summed E-state index contributed by atoms with van der Waals surface area (Å²) in [4.78, 5) is 0. The molecule has 0 bridgehead atoms.